The van der Waals surface area contributed by atoms with Gasteiger partial charge in [-0.1, -0.05) is 6.42 Å². The predicted octanol–water partition coefficient (Wildman–Crippen LogP) is 2.00. The van der Waals surface area contributed by atoms with Crippen LogP contribution in [-0.2, 0) is 0 Å². The van der Waals surface area contributed by atoms with E-state index in [2.05, 4.69) is 20.4 Å². The van der Waals surface area contributed by atoms with Crippen molar-refractivity contribution in [3.8, 4) is 0 Å². The molecule has 1 aromatic rings. The second-order valence-electron chi connectivity index (χ2n) is 5.83. The molecule has 0 aromatic carbocycles. The fourth-order valence-electron chi connectivity index (χ4n) is 2.76. The summed E-state index contributed by atoms with van der Waals surface area (Å²) in [5.41, 5.74) is 0.421. The lowest BCUT2D eigenvalue weighted by Crippen LogP contribution is -2.33. The third-order valence-electron chi connectivity index (χ3n) is 4.34. The van der Waals surface area contributed by atoms with Crippen molar-refractivity contribution in [2.45, 2.75) is 38.5 Å². The largest absolute Gasteiger partial charge is 0.355 e. The van der Waals surface area contributed by atoms with Crippen LogP contribution in [0.25, 0.3) is 0 Å². The van der Waals surface area contributed by atoms with Crippen molar-refractivity contribution in [3.63, 3.8) is 0 Å². The first-order valence-corrected chi connectivity index (χ1v) is 7.70. The zero-order valence-electron chi connectivity index (χ0n) is 11.8. The molecule has 2 heterocycles. The molecule has 0 unspecified atom stereocenters. The maximum absolute atomic E-state index is 11.9. The van der Waals surface area contributed by atoms with Gasteiger partial charge in [0.25, 0.3) is 5.91 Å². The summed E-state index contributed by atoms with van der Waals surface area (Å²) in [5, 5.41) is 11.2. The normalized spacial score (nSPS) is 19.5. The van der Waals surface area contributed by atoms with Crippen molar-refractivity contribution in [2.75, 3.05) is 24.5 Å². The van der Waals surface area contributed by atoms with Crippen LogP contribution in [0.5, 0.6) is 0 Å². The SMILES string of the molecule is O=C(NCC1CCC1)c1ccc(N2CCCCC2)nn1. The number of anilines is 1. The van der Waals surface area contributed by atoms with Gasteiger partial charge in [0, 0.05) is 19.6 Å². The molecule has 0 radical (unpaired) electrons. The maximum atomic E-state index is 11.9. The lowest BCUT2D eigenvalue weighted by atomic mass is 9.85. The van der Waals surface area contributed by atoms with Crippen LogP contribution < -0.4 is 10.2 Å². The summed E-state index contributed by atoms with van der Waals surface area (Å²) in [5.74, 6) is 1.45. The van der Waals surface area contributed by atoms with Gasteiger partial charge in [0.15, 0.2) is 11.5 Å². The van der Waals surface area contributed by atoms with Crippen LogP contribution in [0.15, 0.2) is 12.1 Å². The molecular formula is C15H22N4O. The average molecular weight is 274 g/mol. The molecular weight excluding hydrogens is 252 g/mol. The van der Waals surface area contributed by atoms with Gasteiger partial charge in [-0.2, -0.15) is 0 Å². The molecule has 1 saturated carbocycles. The number of hydrogen-bond acceptors (Lipinski definition) is 4. The minimum Gasteiger partial charge on any atom is -0.355 e. The molecule has 1 amide bonds. The molecule has 3 rings (SSSR count). The fourth-order valence-corrected chi connectivity index (χ4v) is 2.76. The number of aromatic nitrogens is 2. The lowest BCUT2D eigenvalue weighted by Gasteiger charge is -2.27. The van der Waals surface area contributed by atoms with Gasteiger partial charge in [0.1, 0.15) is 0 Å². The average Bonchev–Trinajstić information content (AvgIpc) is 2.46. The van der Waals surface area contributed by atoms with Crippen molar-refractivity contribution in [3.05, 3.63) is 17.8 Å². The van der Waals surface area contributed by atoms with E-state index in [4.69, 9.17) is 0 Å². The number of nitrogens with zero attached hydrogens (tertiary/aromatic N) is 3. The van der Waals surface area contributed by atoms with Gasteiger partial charge < -0.3 is 10.2 Å². The van der Waals surface area contributed by atoms with Gasteiger partial charge in [0.2, 0.25) is 0 Å². The fraction of sp³-hybridized carbons (Fsp3) is 0.667. The maximum Gasteiger partial charge on any atom is 0.271 e. The smallest absolute Gasteiger partial charge is 0.271 e. The van der Waals surface area contributed by atoms with Crippen LogP contribution in [0.4, 0.5) is 5.82 Å². The van der Waals surface area contributed by atoms with E-state index in [1.54, 1.807) is 6.07 Å². The van der Waals surface area contributed by atoms with E-state index in [0.717, 1.165) is 25.5 Å². The Labute approximate surface area is 119 Å². The summed E-state index contributed by atoms with van der Waals surface area (Å²) in [4.78, 5) is 14.2. The molecule has 0 bridgehead atoms. The number of piperidine rings is 1. The number of carbonyl (C=O) groups excluding carboxylic acids is 1. The van der Waals surface area contributed by atoms with Crippen molar-refractivity contribution >= 4 is 11.7 Å². The summed E-state index contributed by atoms with van der Waals surface area (Å²) >= 11 is 0. The molecule has 1 aliphatic carbocycles. The molecule has 2 aliphatic rings. The van der Waals surface area contributed by atoms with Gasteiger partial charge >= 0.3 is 0 Å². The number of amides is 1. The van der Waals surface area contributed by atoms with E-state index in [-0.39, 0.29) is 5.91 Å². The Balaban J connectivity index is 1.55. The molecule has 1 saturated heterocycles. The summed E-state index contributed by atoms with van der Waals surface area (Å²) in [7, 11) is 0. The summed E-state index contributed by atoms with van der Waals surface area (Å²) in [6.07, 6.45) is 7.49. The highest BCUT2D eigenvalue weighted by atomic mass is 16.1. The first kappa shape index (κ1) is 13.3. The molecule has 1 aromatic heterocycles. The lowest BCUT2D eigenvalue weighted by molar-refractivity contribution is 0.0933. The zero-order valence-corrected chi connectivity index (χ0v) is 11.8. The Morgan fingerprint density at radius 2 is 1.95 bits per heavy atom. The number of carbonyl (C=O) groups is 1. The van der Waals surface area contributed by atoms with Gasteiger partial charge in [-0.15, -0.1) is 10.2 Å². The quantitative estimate of drug-likeness (QED) is 0.912. The topological polar surface area (TPSA) is 58.1 Å². The first-order chi connectivity index (χ1) is 9.83. The highest BCUT2D eigenvalue weighted by Gasteiger charge is 2.19. The number of nitrogens with one attached hydrogen (secondary N) is 1. The Morgan fingerprint density at radius 3 is 2.55 bits per heavy atom. The van der Waals surface area contributed by atoms with Crippen LogP contribution in [-0.4, -0.2) is 35.7 Å². The van der Waals surface area contributed by atoms with E-state index in [9.17, 15) is 4.79 Å². The minimum atomic E-state index is -0.102. The molecule has 1 N–H and O–H groups in total. The Morgan fingerprint density at radius 1 is 1.15 bits per heavy atom. The van der Waals surface area contributed by atoms with Crippen molar-refractivity contribution < 1.29 is 4.79 Å². The summed E-state index contributed by atoms with van der Waals surface area (Å²) in [6, 6.07) is 3.70. The number of rotatable bonds is 4. The van der Waals surface area contributed by atoms with Crippen molar-refractivity contribution in [1.29, 1.82) is 0 Å². The predicted molar refractivity (Wildman–Crippen MR) is 77.8 cm³/mol. The van der Waals surface area contributed by atoms with E-state index < -0.39 is 0 Å². The second-order valence-corrected chi connectivity index (χ2v) is 5.83. The van der Waals surface area contributed by atoms with E-state index >= 15 is 0 Å². The Hall–Kier alpha value is -1.65. The van der Waals surface area contributed by atoms with Crippen LogP contribution >= 0.6 is 0 Å². The molecule has 5 nitrogen and oxygen atoms in total. The van der Waals surface area contributed by atoms with E-state index in [1.165, 1.54) is 38.5 Å². The highest BCUT2D eigenvalue weighted by molar-refractivity contribution is 5.92. The molecule has 0 spiro atoms. The molecule has 108 valence electrons. The second kappa shape index (κ2) is 6.20. The third kappa shape index (κ3) is 3.08. The Kier molecular flexibility index (Phi) is 4.14. The minimum absolute atomic E-state index is 0.102. The third-order valence-corrected chi connectivity index (χ3v) is 4.34. The van der Waals surface area contributed by atoms with Gasteiger partial charge in [-0.25, -0.2) is 0 Å². The highest BCUT2D eigenvalue weighted by Crippen LogP contribution is 2.25. The van der Waals surface area contributed by atoms with Crippen LogP contribution in [0, 0.1) is 5.92 Å². The van der Waals surface area contributed by atoms with Gasteiger partial charge in [0.05, 0.1) is 0 Å². The Bertz CT molecular complexity index is 449. The molecule has 1 aliphatic heterocycles. The summed E-state index contributed by atoms with van der Waals surface area (Å²) < 4.78 is 0. The molecule has 5 heteroatoms. The monoisotopic (exact) mass is 274 g/mol. The van der Waals surface area contributed by atoms with Crippen LogP contribution in [0.2, 0.25) is 0 Å². The van der Waals surface area contributed by atoms with E-state index in [1.807, 2.05) is 6.07 Å². The van der Waals surface area contributed by atoms with E-state index in [0.29, 0.717) is 11.6 Å². The standard InChI is InChI=1S/C15H22N4O/c20-15(16-11-12-5-4-6-12)13-7-8-14(18-17-13)19-9-2-1-3-10-19/h7-8,12H,1-6,9-11H2,(H,16,20). The summed E-state index contributed by atoms with van der Waals surface area (Å²) in [6.45, 7) is 2.86. The van der Waals surface area contributed by atoms with Gasteiger partial charge in [-0.3, -0.25) is 4.79 Å². The first-order valence-electron chi connectivity index (χ1n) is 7.70. The molecule has 2 fully saturated rings. The zero-order chi connectivity index (χ0) is 13.8. The van der Waals surface area contributed by atoms with Crippen molar-refractivity contribution in [2.24, 2.45) is 5.92 Å². The van der Waals surface area contributed by atoms with Crippen molar-refractivity contribution in [1.82, 2.24) is 15.5 Å². The molecule has 20 heavy (non-hydrogen) atoms. The van der Waals surface area contributed by atoms with Crippen LogP contribution in [0.3, 0.4) is 0 Å². The van der Waals surface area contributed by atoms with Crippen LogP contribution in [0.1, 0.15) is 49.0 Å². The molecule has 0 atom stereocenters. The van der Waals surface area contributed by atoms with Gasteiger partial charge in [-0.05, 0) is 50.2 Å². The number of hydrogen-bond donors (Lipinski definition) is 1.